The quantitative estimate of drug-likeness (QED) is 0.403. The molecule has 1 amide bonds. The van der Waals surface area contributed by atoms with Gasteiger partial charge in [0.15, 0.2) is 11.5 Å². The Morgan fingerprint density at radius 3 is 2.74 bits per heavy atom. The van der Waals surface area contributed by atoms with E-state index >= 15 is 0 Å². The number of carbonyl (C=O) groups is 1. The van der Waals surface area contributed by atoms with Gasteiger partial charge in [0.2, 0.25) is 0 Å². The van der Waals surface area contributed by atoms with Crippen molar-refractivity contribution in [3.8, 4) is 16.9 Å². The van der Waals surface area contributed by atoms with E-state index in [9.17, 15) is 9.18 Å². The Labute approximate surface area is 201 Å². The standard InChI is InChI=1S/C24H24ClFN6O2/c1-13-17(25)9-15(7-8-27-22-20-23(29-11-28-20)31-12-30-22)21(34-4)19(13)14-5-6-16(18(26)10-14)24(33)32(2)3/h5-6,9-12H,7-8H2,1-4H3,(H2,27,28,29,30,31). The van der Waals surface area contributed by atoms with Gasteiger partial charge in [0.05, 0.1) is 19.0 Å². The number of hydrogen-bond acceptors (Lipinski definition) is 6. The lowest BCUT2D eigenvalue weighted by atomic mass is 9.94. The van der Waals surface area contributed by atoms with Crippen molar-refractivity contribution in [3.63, 3.8) is 0 Å². The maximum atomic E-state index is 14.9. The lowest BCUT2D eigenvalue weighted by Gasteiger charge is -2.19. The minimum Gasteiger partial charge on any atom is -0.496 e. The molecule has 4 aromatic rings. The smallest absolute Gasteiger partial charge is 0.256 e. The maximum absolute atomic E-state index is 14.9. The summed E-state index contributed by atoms with van der Waals surface area (Å²) in [5.74, 6) is 0.238. The molecule has 2 N–H and O–H groups in total. The first-order valence-corrected chi connectivity index (χ1v) is 10.9. The molecule has 0 fully saturated rings. The fourth-order valence-electron chi connectivity index (χ4n) is 3.84. The lowest BCUT2D eigenvalue weighted by Crippen LogP contribution is -2.22. The van der Waals surface area contributed by atoms with Crippen LogP contribution in [-0.2, 0) is 6.42 Å². The lowest BCUT2D eigenvalue weighted by molar-refractivity contribution is 0.0823. The highest BCUT2D eigenvalue weighted by Crippen LogP contribution is 2.40. The number of aromatic amines is 1. The highest BCUT2D eigenvalue weighted by atomic mass is 35.5. The molecule has 0 bridgehead atoms. The SMILES string of the molecule is COc1c(CCNc2ncnc3nc[nH]c23)cc(Cl)c(C)c1-c1ccc(C(=O)N(C)C)c(F)c1. The van der Waals surface area contributed by atoms with E-state index in [2.05, 4.69) is 25.3 Å². The average Bonchev–Trinajstić information content (AvgIpc) is 3.30. The third kappa shape index (κ3) is 4.38. The second kappa shape index (κ2) is 9.64. The van der Waals surface area contributed by atoms with Gasteiger partial charge >= 0.3 is 0 Å². The second-order valence-corrected chi connectivity index (χ2v) is 8.35. The van der Waals surface area contributed by atoms with Gasteiger partial charge in [-0.2, -0.15) is 0 Å². The summed E-state index contributed by atoms with van der Waals surface area (Å²) in [5.41, 5.74) is 4.18. The van der Waals surface area contributed by atoms with Gasteiger partial charge in [-0.3, -0.25) is 4.79 Å². The molecule has 0 saturated heterocycles. The van der Waals surface area contributed by atoms with E-state index in [-0.39, 0.29) is 5.56 Å². The number of rotatable bonds is 7. The molecular weight excluding hydrogens is 459 g/mol. The van der Waals surface area contributed by atoms with Crippen molar-refractivity contribution in [2.24, 2.45) is 0 Å². The number of methoxy groups -OCH3 is 1. The van der Waals surface area contributed by atoms with Crippen LogP contribution in [0.3, 0.4) is 0 Å². The maximum Gasteiger partial charge on any atom is 0.256 e. The first-order chi connectivity index (χ1) is 16.3. The van der Waals surface area contributed by atoms with Crippen molar-refractivity contribution in [2.75, 3.05) is 33.1 Å². The molecule has 8 nitrogen and oxygen atoms in total. The highest BCUT2D eigenvalue weighted by Gasteiger charge is 2.20. The molecule has 0 saturated carbocycles. The number of H-pyrrole nitrogens is 1. The summed E-state index contributed by atoms with van der Waals surface area (Å²) in [6, 6.07) is 6.39. The minimum atomic E-state index is -0.604. The molecule has 34 heavy (non-hydrogen) atoms. The Hall–Kier alpha value is -3.72. The topological polar surface area (TPSA) is 96.0 Å². The Morgan fingerprint density at radius 1 is 1.24 bits per heavy atom. The molecule has 0 unspecified atom stereocenters. The fraction of sp³-hybridized carbons (Fsp3) is 0.250. The average molecular weight is 483 g/mol. The largest absolute Gasteiger partial charge is 0.496 e. The van der Waals surface area contributed by atoms with Crippen LogP contribution in [0.5, 0.6) is 5.75 Å². The number of ether oxygens (including phenoxy) is 1. The molecule has 4 rings (SSSR count). The Kier molecular flexibility index (Phi) is 6.65. The second-order valence-electron chi connectivity index (χ2n) is 7.95. The van der Waals surface area contributed by atoms with Gasteiger partial charge in [-0.1, -0.05) is 17.7 Å². The molecule has 0 aliphatic rings. The molecule has 2 heterocycles. The van der Waals surface area contributed by atoms with Gasteiger partial charge < -0.3 is 19.9 Å². The van der Waals surface area contributed by atoms with Crippen LogP contribution in [0.25, 0.3) is 22.3 Å². The van der Waals surface area contributed by atoms with Crippen molar-refractivity contribution in [1.29, 1.82) is 0 Å². The van der Waals surface area contributed by atoms with E-state index in [1.165, 1.54) is 23.4 Å². The molecule has 10 heteroatoms. The fourth-order valence-corrected chi connectivity index (χ4v) is 4.07. The van der Waals surface area contributed by atoms with Gasteiger partial charge in [-0.05, 0) is 48.2 Å². The zero-order valence-electron chi connectivity index (χ0n) is 19.2. The number of amides is 1. The summed E-state index contributed by atoms with van der Waals surface area (Å²) in [6.45, 7) is 2.39. The Balaban J connectivity index is 1.66. The minimum absolute atomic E-state index is 0.00629. The number of anilines is 1. The Bertz CT molecular complexity index is 1370. The number of halogens is 2. The number of aromatic nitrogens is 4. The van der Waals surface area contributed by atoms with Crippen molar-refractivity contribution in [2.45, 2.75) is 13.3 Å². The predicted octanol–water partition coefficient (Wildman–Crippen LogP) is 4.49. The summed E-state index contributed by atoms with van der Waals surface area (Å²) in [7, 11) is 4.74. The zero-order valence-corrected chi connectivity index (χ0v) is 20.0. The summed E-state index contributed by atoms with van der Waals surface area (Å²) in [5, 5.41) is 3.82. The summed E-state index contributed by atoms with van der Waals surface area (Å²) >= 11 is 6.56. The van der Waals surface area contributed by atoms with Crippen molar-refractivity contribution >= 4 is 34.5 Å². The predicted molar refractivity (Wildman–Crippen MR) is 130 cm³/mol. The van der Waals surface area contributed by atoms with Crippen LogP contribution in [0, 0.1) is 12.7 Å². The first-order valence-electron chi connectivity index (χ1n) is 10.6. The van der Waals surface area contributed by atoms with Gasteiger partial charge in [-0.15, -0.1) is 0 Å². The summed E-state index contributed by atoms with van der Waals surface area (Å²) < 4.78 is 20.6. The van der Waals surface area contributed by atoms with Crippen LogP contribution in [0.15, 0.2) is 36.9 Å². The molecule has 2 aromatic heterocycles. The van der Waals surface area contributed by atoms with Gasteiger partial charge in [0.1, 0.15) is 23.4 Å². The monoisotopic (exact) mass is 482 g/mol. The van der Waals surface area contributed by atoms with Crippen LogP contribution in [0.4, 0.5) is 10.2 Å². The number of nitrogens with one attached hydrogen (secondary N) is 2. The van der Waals surface area contributed by atoms with Crippen molar-refractivity contribution in [1.82, 2.24) is 24.8 Å². The van der Waals surface area contributed by atoms with Gasteiger partial charge in [-0.25, -0.2) is 19.3 Å². The summed E-state index contributed by atoms with van der Waals surface area (Å²) in [6.07, 6.45) is 3.58. The molecular formula is C24H24ClFN6O2. The molecule has 0 atom stereocenters. The third-order valence-electron chi connectivity index (χ3n) is 5.56. The number of benzene rings is 2. The normalized spacial score (nSPS) is 11.0. The van der Waals surface area contributed by atoms with Gasteiger partial charge in [0.25, 0.3) is 5.91 Å². The molecule has 0 radical (unpaired) electrons. The first kappa shape index (κ1) is 23.4. The number of hydrogen-bond donors (Lipinski definition) is 2. The molecule has 0 aliphatic heterocycles. The van der Waals surface area contributed by atoms with E-state index in [4.69, 9.17) is 16.3 Å². The van der Waals surface area contributed by atoms with Crippen LogP contribution in [-0.4, -0.2) is 58.5 Å². The number of carbonyl (C=O) groups excluding carboxylic acids is 1. The molecule has 0 spiro atoms. The van der Waals surface area contributed by atoms with Crippen LogP contribution >= 0.6 is 11.6 Å². The number of fused-ring (bicyclic) bond motifs is 1. The zero-order chi connectivity index (χ0) is 24.4. The molecule has 176 valence electrons. The van der Waals surface area contributed by atoms with E-state index in [1.807, 2.05) is 13.0 Å². The molecule has 0 aliphatic carbocycles. The van der Waals surface area contributed by atoms with Crippen molar-refractivity contribution < 1.29 is 13.9 Å². The van der Waals surface area contributed by atoms with Crippen LogP contribution < -0.4 is 10.1 Å². The number of imidazole rings is 1. The van der Waals surface area contributed by atoms with Gasteiger partial charge in [0, 0.05) is 31.2 Å². The summed E-state index contributed by atoms with van der Waals surface area (Å²) in [4.78, 5) is 29.1. The van der Waals surface area contributed by atoms with E-state index in [1.54, 1.807) is 33.6 Å². The Morgan fingerprint density at radius 2 is 2.03 bits per heavy atom. The highest BCUT2D eigenvalue weighted by molar-refractivity contribution is 6.32. The van der Waals surface area contributed by atoms with Crippen LogP contribution in [0.1, 0.15) is 21.5 Å². The van der Waals surface area contributed by atoms with E-state index in [0.717, 1.165) is 16.6 Å². The third-order valence-corrected chi connectivity index (χ3v) is 5.95. The van der Waals surface area contributed by atoms with Crippen LogP contribution in [0.2, 0.25) is 5.02 Å². The molecule has 2 aromatic carbocycles. The van der Waals surface area contributed by atoms with E-state index in [0.29, 0.717) is 46.3 Å². The number of nitrogens with zero attached hydrogens (tertiary/aromatic N) is 4. The van der Waals surface area contributed by atoms with Crippen molar-refractivity contribution in [3.05, 3.63) is 64.5 Å². The van der Waals surface area contributed by atoms with E-state index < -0.39 is 11.7 Å².